The van der Waals surface area contributed by atoms with E-state index < -0.39 is 0 Å². The molecular formula is C22H21ClN2O3S. The molecular weight excluding hydrogens is 408 g/mol. The van der Waals surface area contributed by atoms with Gasteiger partial charge in [0, 0.05) is 35.0 Å². The molecule has 7 heteroatoms. The van der Waals surface area contributed by atoms with E-state index in [2.05, 4.69) is 5.32 Å². The van der Waals surface area contributed by atoms with Crippen molar-refractivity contribution in [3.63, 3.8) is 0 Å². The normalized spacial score (nSPS) is 10.6. The summed E-state index contributed by atoms with van der Waals surface area (Å²) in [6.07, 6.45) is 0. The van der Waals surface area contributed by atoms with Crippen molar-refractivity contribution in [3.8, 4) is 5.75 Å². The van der Waals surface area contributed by atoms with Crippen LogP contribution >= 0.6 is 23.4 Å². The fourth-order valence-electron chi connectivity index (χ4n) is 2.91. The lowest BCUT2D eigenvalue weighted by molar-refractivity contribution is -0.113. The number of nitrogens with zero attached hydrogens (tertiary/aromatic N) is 1. The first kappa shape index (κ1) is 21.0. The second-order valence-corrected chi connectivity index (χ2v) is 7.97. The topological polar surface area (TPSA) is 58.6 Å². The number of rotatable bonds is 6. The molecule has 0 bridgehead atoms. The maximum Gasteiger partial charge on any atom is 0.253 e. The van der Waals surface area contributed by atoms with Gasteiger partial charge in [0.15, 0.2) is 0 Å². The summed E-state index contributed by atoms with van der Waals surface area (Å²) in [6, 6.07) is 16.6. The van der Waals surface area contributed by atoms with Crippen molar-refractivity contribution in [2.45, 2.75) is 4.90 Å². The quantitative estimate of drug-likeness (QED) is 0.565. The highest BCUT2D eigenvalue weighted by molar-refractivity contribution is 8.00. The number of hydrogen-bond acceptors (Lipinski definition) is 4. The van der Waals surface area contributed by atoms with Gasteiger partial charge in [0.2, 0.25) is 5.91 Å². The molecule has 0 radical (unpaired) electrons. The number of carbonyl (C=O) groups excluding carboxylic acids is 2. The number of anilines is 1. The predicted molar refractivity (Wildman–Crippen MR) is 119 cm³/mol. The molecule has 0 aliphatic rings. The summed E-state index contributed by atoms with van der Waals surface area (Å²) in [5.41, 5.74) is 0.932. The molecule has 0 aliphatic carbocycles. The zero-order chi connectivity index (χ0) is 21.0. The van der Waals surface area contributed by atoms with E-state index in [0.717, 1.165) is 15.7 Å². The maximum atomic E-state index is 12.6. The largest absolute Gasteiger partial charge is 0.495 e. The zero-order valence-electron chi connectivity index (χ0n) is 16.4. The number of amides is 2. The van der Waals surface area contributed by atoms with E-state index in [4.69, 9.17) is 16.3 Å². The second-order valence-electron chi connectivity index (χ2n) is 6.55. The highest BCUT2D eigenvalue weighted by Crippen LogP contribution is 2.33. The van der Waals surface area contributed by atoms with Gasteiger partial charge in [-0.1, -0.05) is 35.9 Å². The van der Waals surface area contributed by atoms with Crippen LogP contribution in [0.15, 0.2) is 59.5 Å². The summed E-state index contributed by atoms with van der Waals surface area (Å²) in [5.74, 6) is 0.334. The number of thioether (sulfide) groups is 1. The summed E-state index contributed by atoms with van der Waals surface area (Å²) in [5, 5.41) is 5.46. The lowest BCUT2D eigenvalue weighted by Gasteiger charge is -2.14. The third kappa shape index (κ3) is 4.83. The van der Waals surface area contributed by atoms with Crippen LogP contribution in [0.2, 0.25) is 5.02 Å². The van der Waals surface area contributed by atoms with Crippen molar-refractivity contribution >= 4 is 51.6 Å². The Kier molecular flexibility index (Phi) is 6.67. The van der Waals surface area contributed by atoms with Crippen molar-refractivity contribution < 1.29 is 14.3 Å². The van der Waals surface area contributed by atoms with Crippen molar-refractivity contribution in [2.24, 2.45) is 0 Å². The van der Waals surface area contributed by atoms with E-state index in [1.165, 1.54) is 23.8 Å². The summed E-state index contributed by atoms with van der Waals surface area (Å²) >= 11 is 7.76. The number of carbonyl (C=O) groups is 2. The van der Waals surface area contributed by atoms with Crippen LogP contribution in [0.1, 0.15) is 10.4 Å². The first-order valence-electron chi connectivity index (χ1n) is 8.90. The molecule has 0 aliphatic heterocycles. The van der Waals surface area contributed by atoms with Crippen molar-refractivity contribution in [1.82, 2.24) is 4.90 Å². The van der Waals surface area contributed by atoms with Gasteiger partial charge in [-0.2, -0.15) is 0 Å². The average Bonchev–Trinajstić information content (AvgIpc) is 2.71. The Morgan fingerprint density at radius 1 is 1.10 bits per heavy atom. The molecule has 0 spiro atoms. The summed E-state index contributed by atoms with van der Waals surface area (Å²) in [7, 11) is 4.87. The van der Waals surface area contributed by atoms with Gasteiger partial charge in [0.25, 0.3) is 5.91 Å². The SMILES string of the molecule is COc1ccc(C(=O)N(C)C)cc1NC(=O)CSc1cccc2cccc(Cl)c12. The van der Waals surface area contributed by atoms with E-state index in [1.54, 1.807) is 32.3 Å². The Balaban J connectivity index is 1.76. The Labute approximate surface area is 179 Å². The monoisotopic (exact) mass is 428 g/mol. The van der Waals surface area contributed by atoms with Gasteiger partial charge in [-0.05, 0) is 35.7 Å². The molecule has 0 fully saturated rings. The van der Waals surface area contributed by atoms with Crippen LogP contribution in [-0.4, -0.2) is 43.7 Å². The maximum absolute atomic E-state index is 12.6. The van der Waals surface area contributed by atoms with E-state index in [9.17, 15) is 9.59 Å². The van der Waals surface area contributed by atoms with Crippen LogP contribution in [-0.2, 0) is 4.79 Å². The highest BCUT2D eigenvalue weighted by atomic mass is 35.5. The molecule has 0 aromatic heterocycles. The molecule has 5 nitrogen and oxygen atoms in total. The third-order valence-electron chi connectivity index (χ3n) is 4.30. The highest BCUT2D eigenvalue weighted by Gasteiger charge is 2.14. The van der Waals surface area contributed by atoms with Gasteiger partial charge >= 0.3 is 0 Å². The first-order valence-corrected chi connectivity index (χ1v) is 10.3. The van der Waals surface area contributed by atoms with E-state index in [0.29, 0.717) is 22.0 Å². The number of fused-ring (bicyclic) bond motifs is 1. The molecule has 0 saturated heterocycles. The Morgan fingerprint density at radius 2 is 1.83 bits per heavy atom. The van der Waals surface area contributed by atoms with E-state index in [-0.39, 0.29) is 17.6 Å². The predicted octanol–water partition coefficient (Wildman–Crippen LogP) is 4.93. The zero-order valence-corrected chi connectivity index (χ0v) is 17.9. The lowest BCUT2D eigenvalue weighted by atomic mass is 10.1. The van der Waals surface area contributed by atoms with Crippen LogP contribution in [0.3, 0.4) is 0 Å². The standard InChI is InChI=1S/C22H21ClN2O3S/c1-25(2)22(27)15-10-11-18(28-3)17(12-15)24-20(26)13-29-19-9-5-7-14-6-4-8-16(23)21(14)19/h4-12H,13H2,1-3H3,(H,24,26). The molecule has 0 saturated carbocycles. The molecule has 0 atom stereocenters. The van der Waals surface area contributed by atoms with Gasteiger partial charge in [-0.25, -0.2) is 0 Å². The fourth-order valence-corrected chi connectivity index (χ4v) is 4.15. The number of halogens is 1. The molecule has 2 amide bonds. The number of methoxy groups -OCH3 is 1. The summed E-state index contributed by atoms with van der Waals surface area (Å²) < 4.78 is 5.31. The lowest BCUT2D eigenvalue weighted by Crippen LogP contribution is -2.22. The minimum atomic E-state index is -0.202. The van der Waals surface area contributed by atoms with Gasteiger partial charge in [-0.3, -0.25) is 9.59 Å². The van der Waals surface area contributed by atoms with Gasteiger partial charge in [0.05, 0.1) is 18.6 Å². The van der Waals surface area contributed by atoms with Gasteiger partial charge < -0.3 is 15.0 Å². The number of hydrogen-bond donors (Lipinski definition) is 1. The molecule has 150 valence electrons. The smallest absolute Gasteiger partial charge is 0.253 e. The molecule has 3 rings (SSSR count). The van der Waals surface area contributed by atoms with E-state index in [1.807, 2.05) is 36.4 Å². The number of benzene rings is 3. The molecule has 1 N–H and O–H groups in total. The summed E-state index contributed by atoms with van der Waals surface area (Å²) in [6.45, 7) is 0. The molecule has 29 heavy (non-hydrogen) atoms. The number of nitrogens with one attached hydrogen (secondary N) is 1. The van der Waals surface area contributed by atoms with Crippen molar-refractivity contribution in [2.75, 3.05) is 32.3 Å². The van der Waals surface area contributed by atoms with Crippen LogP contribution in [0, 0.1) is 0 Å². The molecule has 3 aromatic rings. The second kappa shape index (κ2) is 9.20. The first-order chi connectivity index (χ1) is 13.9. The Bertz CT molecular complexity index is 1060. The number of ether oxygens (including phenoxy) is 1. The van der Waals surface area contributed by atoms with Crippen LogP contribution in [0.25, 0.3) is 10.8 Å². The third-order valence-corrected chi connectivity index (χ3v) is 5.67. The van der Waals surface area contributed by atoms with Crippen molar-refractivity contribution in [1.29, 1.82) is 0 Å². The van der Waals surface area contributed by atoms with Crippen LogP contribution in [0.4, 0.5) is 5.69 Å². The van der Waals surface area contributed by atoms with Crippen LogP contribution in [0.5, 0.6) is 5.75 Å². The summed E-state index contributed by atoms with van der Waals surface area (Å²) in [4.78, 5) is 27.2. The van der Waals surface area contributed by atoms with Crippen LogP contribution < -0.4 is 10.1 Å². The Hall–Kier alpha value is -2.70. The van der Waals surface area contributed by atoms with Gasteiger partial charge in [-0.15, -0.1) is 11.8 Å². The minimum Gasteiger partial charge on any atom is -0.495 e. The van der Waals surface area contributed by atoms with Gasteiger partial charge in [0.1, 0.15) is 5.75 Å². The van der Waals surface area contributed by atoms with E-state index >= 15 is 0 Å². The fraction of sp³-hybridized carbons (Fsp3) is 0.182. The minimum absolute atomic E-state index is 0.150. The molecule has 0 heterocycles. The molecule has 3 aromatic carbocycles. The Morgan fingerprint density at radius 3 is 2.52 bits per heavy atom. The molecule has 0 unspecified atom stereocenters. The average molecular weight is 429 g/mol. The van der Waals surface area contributed by atoms with Crippen molar-refractivity contribution in [3.05, 3.63) is 65.2 Å².